The number of rotatable bonds is 9. The highest BCUT2D eigenvalue weighted by molar-refractivity contribution is 6.32. The number of methoxy groups -OCH3 is 3. The normalized spacial score (nSPS) is 20.7. The molecule has 2 fully saturated rings. The molecule has 0 radical (unpaired) electrons. The number of aromatic nitrogens is 5. The molecular formula is C44H39ClN6O9. The molecule has 1 saturated carbocycles. The van der Waals surface area contributed by atoms with Crippen molar-refractivity contribution in [3.05, 3.63) is 150 Å². The molecule has 4 aromatic carbocycles. The smallest absolute Gasteiger partial charge is 0.347 e. The van der Waals surface area contributed by atoms with Gasteiger partial charge in [0, 0.05) is 48.6 Å². The third kappa shape index (κ3) is 5.55. The highest BCUT2D eigenvalue weighted by atomic mass is 35.5. The number of imide groups is 1. The molecule has 1 saturated heterocycles. The molecule has 0 bridgehead atoms. The van der Waals surface area contributed by atoms with Crippen molar-refractivity contribution in [3.8, 4) is 23.0 Å². The number of ether oxygens (including phenoxy) is 3. The summed E-state index contributed by atoms with van der Waals surface area (Å²) in [5.74, 6) is -2.04. The van der Waals surface area contributed by atoms with E-state index >= 15 is 4.79 Å². The number of fused-ring (bicyclic) bond motifs is 5. The fraction of sp³-hybridized carbons (Fsp3) is 0.273. The maximum absolute atomic E-state index is 15.4. The lowest BCUT2D eigenvalue weighted by Gasteiger charge is -2.49. The number of amides is 2. The Morgan fingerprint density at radius 2 is 1.62 bits per heavy atom. The number of hydrogen-bond acceptors (Lipinski definition) is 10. The third-order valence-electron chi connectivity index (χ3n) is 12.3. The summed E-state index contributed by atoms with van der Waals surface area (Å²) < 4.78 is 21.6. The predicted molar refractivity (Wildman–Crippen MR) is 221 cm³/mol. The van der Waals surface area contributed by atoms with E-state index in [1.54, 1.807) is 79.8 Å². The van der Waals surface area contributed by atoms with Crippen molar-refractivity contribution in [3.63, 3.8) is 0 Å². The summed E-state index contributed by atoms with van der Waals surface area (Å²) in [6, 6.07) is 22.6. The quantitative estimate of drug-likeness (QED) is 0.162. The van der Waals surface area contributed by atoms with Gasteiger partial charge in [0.05, 0.1) is 62.0 Å². The van der Waals surface area contributed by atoms with Crippen LogP contribution in [0.4, 0.5) is 5.69 Å². The van der Waals surface area contributed by atoms with Gasteiger partial charge in [-0.15, -0.1) is 0 Å². The molecule has 9 rings (SSSR count). The molecule has 3 aliphatic rings. The van der Waals surface area contributed by atoms with E-state index in [4.69, 9.17) is 25.8 Å². The van der Waals surface area contributed by atoms with E-state index < -0.39 is 52.0 Å². The second-order valence-corrected chi connectivity index (χ2v) is 15.5. The molecule has 4 heterocycles. The van der Waals surface area contributed by atoms with Crippen molar-refractivity contribution in [1.29, 1.82) is 0 Å². The molecule has 1 N–H and O–H groups in total. The van der Waals surface area contributed by atoms with Crippen molar-refractivity contribution in [2.45, 2.75) is 43.3 Å². The van der Waals surface area contributed by atoms with Gasteiger partial charge >= 0.3 is 11.4 Å². The van der Waals surface area contributed by atoms with Crippen LogP contribution in [0.2, 0.25) is 5.02 Å². The molecule has 2 aromatic heterocycles. The number of allylic oxidation sites excluding steroid dienone is 2. The minimum atomic E-state index is -1.62. The van der Waals surface area contributed by atoms with E-state index in [0.717, 1.165) is 9.47 Å². The Balaban J connectivity index is 1.19. The van der Waals surface area contributed by atoms with Crippen LogP contribution in [0, 0.1) is 5.92 Å². The summed E-state index contributed by atoms with van der Waals surface area (Å²) in [5, 5.41) is 12.0. The largest absolute Gasteiger partial charge is 0.508 e. The molecular weight excluding hydrogens is 792 g/mol. The first-order valence-electron chi connectivity index (χ1n) is 19.2. The average Bonchev–Trinajstić information content (AvgIpc) is 3.64. The molecule has 4 unspecified atom stereocenters. The first-order valence-corrected chi connectivity index (χ1v) is 19.6. The lowest BCUT2D eigenvalue weighted by atomic mass is 9.53. The van der Waals surface area contributed by atoms with E-state index in [0.29, 0.717) is 50.0 Å². The predicted octanol–water partition coefficient (Wildman–Crippen LogP) is 4.48. The second-order valence-electron chi connectivity index (χ2n) is 15.1. The average molecular weight is 831 g/mol. The first-order chi connectivity index (χ1) is 28.9. The molecule has 15 nitrogen and oxygen atoms in total. The number of anilines is 1. The van der Waals surface area contributed by atoms with E-state index in [-0.39, 0.29) is 43.1 Å². The highest BCUT2D eigenvalue weighted by Crippen LogP contribution is 2.63. The van der Waals surface area contributed by atoms with Gasteiger partial charge in [0.2, 0.25) is 11.8 Å². The van der Waals surface area contributed by atoms with Crippen LogP contribution in [0.5, 0.6) is 23.0 Å². The van der Waals surface area contributed by atoms with Gasteiger partial charge in [-0.2, -0.15) is 0 Å². The summed E-state index contributed by atoms with van der Waals surface area (Å²) in [6.07, 6.45) is 1.72. The van der Waals surface area contributed by atoms with Crippen LogP contribution in [0.25, 0.3) is 11.0 Å². The zero-order valence-electron chi connectivity index (χ0n) is 33.0. The molecule has 60 heavy (non-hydrogen) atoms. The molecule has 1 aliphatic carbocycles. The lowest BCUT2D eigenvalue weighted by Crippen LogP contribution is -2.53. The number of aryl methyl sites for hydroxylation is 2. The van der Waals surface area contributed by atoms with Crippen LogP contribution in [0.1, 0.15) is 35.2 Å². The molecule has 306 valence electrons. The van der Waals surface area contributed by atoms with Gasteiger partial charge in [0.15, 0.2) is 11.5 Å². The van der Waals surface area contributed by atoms with Gasteiger partial charge in [-0.25, -0.2) is 33.4 Å². The van der Waals surface area contributed by atoms with Crippen LogP contribution < -0.4 is 36.0 Å². The maximum atomic E-state index is 15.4. The van der Waals surface area contributed by atoms with Gasteiger partial charge in [0.25, 0.3) is 5.56 Å². The minimum absolute atomic E-state index is 0.0367. The molecule has 4 atom stereocenters. The third-order valence-corrected chi connectivity index (χ3v) is 12.5. The SMILES string of the molecule is COc1ccc(O)c(C2C3=CCn4c(=O)n(CCc5nc6cc(OC)c(OC)cc6n(C)c5=O)c(=O)n4C3CC3C(=O)N(c4cccc(Cl)c4)C(=O)C32c2ccccc2)c1. The van der Waals surface area contributed by atoms with Crippen LogP contribution in [-0.2, 0) is 41.6 Å². The summed E-state index contributed by atoms with van der Waals surface area (Å²) >= 11 is 6.41. The van der Waals surface area contributed by atoms with Crippen molar-refractivity contribution in [1.82, 2.24) is 23.5 Å². The molecule has 0 spiro atoms. The standard InChI is InChI=1S/C44H39ClN6O9/c1-47-34-23-37(60-4)36(59-3)22-32(34)46-31(40(47)54)16-17-48-42(56)49-18-15-28-33(51(49)43(48)57)21-30-39(53)50(26-12-8-11-25(45)19-26)41(55)44(30,24-9-6-5-7-10-24)38(28)29-20-27(58-2)13-14-35(29)52/h5-15,19-20,22-23,30,33,38,52H,16-18,21H2,1-4H3. The van der Waals surface area contributed by atoms with Crippen molar-refractivity contribution in [2.24, 2.45) is 13.0 Å². The molecule has 2 amide bonds. The van der Waals surface area contributed by atoms with Gasteiger partial charge in [-0.1, -0.05) is 54.1 Å². The zero-order valence-corrected chi connectivity index (χ0v) is 33.8. The minimum Gasteiger partial charge on any atom is -0.508 e. The number of hydrogen-bond donors (Lipinski definition) is 1. The van der Waals surface area contributed by atoms with Crippen LogP contribution in [0.15, 0.2) is 111 Å². The fourth-order valence-corrected chi connectivity index (χ4v) is 9.75. The molecule has 2 aliphatic heterocycles. The second kappa shape index (κ2) is 14.4. The van der Waals surface area contributed by atoms with E-state index in [1.807, 2.05) is 12.1 Å². The Bertz CT molecular complexity index is 2990. The Hall–Kier alpha value is -6.87. The number of carbonyl (C=O) groups excluding carboxylic acids is 2. The van der Waals surface area contributed by atoms with Gasteiger partial charge in [0.1, 0.15) is 17.2 Å². The molecule has 16 heteroatoms. The fourth-order valence-electron chi connectivity index (χ4n) is 9.57. The van der Waals surface area contributed by atoms with E-state index in [9.17, 15) is 24.3 Å². The first kappa shape index (κ1) is 38.6. The number of benzene rings is 4. The number of phenolic OH excluding ortho intramolecular Hbond substituents is 1. The summed E-state index contributed by atoms with van der Waals surface area (Å²) in [5.41, 5.74) is -0.513. The number of phenols is 1. The van der Waals surface area contributed by atoms with Crippen molar-refractivity contribution < 1.29 is 28.9 Å². The maximum Gasteiger partial charge on any atom is 0.347 e. The number of aromatic hydroxyl groups is 1. The van der Waals surface area contributed by atoms with E-state index in [2.05, 4.69) is 4.98 Å². The summed E-state index contributed by atoms with van der Waals surface area (Å²) in [6.45, 7) is -0.230. The number of halogens is 1. The Morgan fingerprint density at radius 1 is 0.867 bits per heavy atom. The van der Waals surface area contributed by atoms with Gasteiger partial charge < -0.3 is 23.9 Å². The van der Waals surface area contributed by atoms with Crippen molar-refractivity contribution >= 4 is 40.1 Å². The van der Waals surface area contributed by atoms with E-state index in [1.165, 1.54) is 41.3 Å². The highest BCUT2D eigenvalue weighted by Gasteiger charge is 2.69. The lowest BCUT2D eigenvalue weighted by molar-refractivity contribution is -0.124. The monoisotopic (exact) mass is 830 g/mol. The zero-order chi connectivity index (χ0) is 42.2. The Kier molecular flexibility index (Phi) is 9.30. The van der Waals surface area contributed by atoms with Crippen LogP contribution in [-0.4, -0.2) is 61.7 Å². The Labute approximate surface area is 346 Å². The summed E-state index contributed by atoms with van der Waals surface area (Å²) in [4.78, 5) is 78.6. The summed E-state index contributed by atoms with van der Waals surface area (Å²) in [7, 11) is 6.07. The van der Waals surface area contributed by atoms with Gasteiger partial charge in [-0.3, -0.25) is 14.4 Å². The van der Waals surface area contributed by atoms with Crippen LogP contribution >= 0.6 is 11.6 Å². The topological polar surface area (TPSA) is 169 Å². The number of carbonyl (C=O) groups is 2. The molecule has 6 aromatic rings. The Morgan fingerprint density at radius 3 is 2.33 bits per heavy atom. The van der Waals surface area contributed by atoms with Gasteiger partial charge in [-0.05, 0) is 54.0 Å². The number of nitrogens with zero attached hydrogens (tertiary/aromatic N) is 6. The van der Waals surface area contributed by atoms with Crippen LogP contribution in [0.3, 0.4) is 0 Å². The van der Waals surface area contributed by atoms with Crippen molar-refractivity contribution in [2.75, 3.05) is 26.2 Å².